The van der Waals surface area contributed by atoms with E-state index in [-0.39, 0.29) is 0 Å². The van der Waals surface area contributed by atoms with Crippen LogP contribution in [0.3, 0.4) is 0 Å². The van der Waals surface area contributed by atoms with Crippen LogP contribution in [-0.2, 0) is 0 Å². The number of pyridine rings is 1. The maximum absolute atomic E-state index is 4.50. The summed E-state index contributed by atoms with van der Waals surface area (Å²) in [7, 11) is 2.11. The molecule has 1 heterocycles. The molecule has 0 amide bonds. The van der Waals surface area contributed by atoms with Gasteiger partial charge in [0.15, 0.2) is 0 Å². The van der Waals surface area contributed by atoms with Crippen LogP contribution in [0.4, 0.5) is 0 Å². The van der Waals surface area contributed by atoms with Gasteiger partial charge in [0.05, 0.1) is 5.52 Å². The van der Waals surface area contributed by atoms with E-state index < -0.39 is 0 Å². The molecule has 0 bridgehead atoms. The summed E-state index contributed by atoms with van der Waals surface area (Å²) in [6.45, 7) is 0. The highest BCUT2D eigenvalue weighted by atomic mass is 14.9. The van der Waals surface area contributed by atoms with Gasteiger partial charge in [0, 0.05) is 17.6 Å². The van der Waals surface area contributed by atoms with Crippen LogP contribution in [0.25, 0.3) is 10.9 Å². The molecule has 3 atom stereocenters. The van der Waals surface area contributed by atoms with Crippen molar-refractivity contribution in [3.63, 3.8) is 0 Å². The summed E-state index contributed by atoms with van der Waals surface area (Å²) in [6.07, 6.45) is 7.65. The Kier molecular flexibility index (Phi) is 2.99. The lowest BCUT2D eigenvalue weighted by molar-refractivity contribution is 0.480. The Morgan fingerprint density at radius 1 is 1.15 bits per heavy atom. The fourth-order valence-corrected chi connectivity index (χ4v) is 4.40. The van der Waals surface area contributed by atoms with E-state index in [0.29, 0.717) is 6.04 Å². The average Bonchev–Trinajstić information content (AvgIpc) is 3.22. The number of hydrogen-bond acceptors (Lipinski definition) is 2. The van der Waals surface area contributed by atoms with Crippen LogP contribution in [0.15, 0.2) is 36.5 Å². The number of nitrogens with one attached hydrogen (secondary N) is 1. The molecule has 0 radical (unpaired) electrons. The average molecular weight is 266 g/mol. The minimum Gasteiger partial charge on any atom is -0.313 e. The van der Waals surface area contributed by atoms with Crippen molar-refractivity contribution in [1.82, 2.24) is 10.3 Å². The summed E-state index contributed by atoms with van der Waals surface area (Å²) >= 11 is 0. The minimum atomic E-state index is 0.509. The highest BCUT2D eigenvalue weighted by molar-refractivity contribution is 5.79. The van der Waals surface area contributed by atoms with Crippen molar-refractivity contribution >= 4 is 10.9 Å². The van der Waals surface area contributed by atoms with Crippen LogP contribution in [0.2, 0.25) is 0 Å². The summed E-state index contributed by atoms with van der Waals surface area (Å²) in [5.41, 5.74) is 2.53. The number of benzene rings is 1. The Labute approximate surface area is 120 Å². The third-order valence-electron chi connectivity index (χ3n) is 5.41. The van der Waals surface area contributed by atoms with Crippen LogP contribution in [0, 0.1) is 17.8 Å². The summed E-state index contributed by atoms with van der Waals surface area (Å²) in [6, 6.07) is 11.4. The van der Waals surface area contributed by atoms with Crippen molar-refractivity contribution in [2.24, 2.45) is 17.8 Å². The third-order valence-corrected chi connectivity index (χ3v) is 5.41. The molecule has 4 rings (SSSR count). The molecule has 0 aliphatic heterocycles. The first-order valence-corrected chi connectivity index (χ1v) is 7.90. The summed E-state index contributed by atoms with van der Waals surface area (Å²) in [5, 5.41) is 4.81. The Morgan fingerprint density at radius 2 is 1.95 bits per heavy atom. The standard InChI is InChI=1S/C18H22N2/c1-19-18(17-14-6-2-3-7-15(14)17)13-9-8-12-5-4-10-20-16(12)11-13/h4-5,8-11,14-15,17-19H,2-3,6-7H2,1H3. The third kappa shape index (κ3) is 1.94. The molecule has 104 valence electrons. The van der Waals surface area contributed by atoms with Crippen LogP contribution in [-0.4, -0.2) is 12.0 Å². The van der Waals surface area contributed by atoms with E-state index in [2.05, 4.69) is 41.6 Å². The first kappa shape index (κ1) is 12.3. The van der Waals surface area contributed by atoms with Gasteiger partial charge in [0.25, 0.3) is 0 Å². The predicted molar refractivity (Wildman–Crippen MR) is 82.5 cm³/mol. The van der Waals surface area contributed by atoms with E-state index in [0.717, 1.165) is 23.3 Å². The molecular formula is C18H22N2. The van der Waals surface area contributed by atoms with E-state index in [9.17, 15) is 0 Å². The maximum Gasteiger partial charge on any atom is 0.0705 e. The Morgan fingerprint density at radius 3 is 2.70 bits per heavy atom. The number of aromatic nitrogens is 1. The molecule has 2 heteroatoms. The summed E-state index contributed by atoms with van der Waals surface area (Å²) in [5.74, 6) is 2.80. The Hall–Kier alpha value is -1.41. The molecule has 20 heavy (non-hydrogen) atoms. The second kappa shape index (κ2) is 4.85. The van der Waals surface area contributed by atoms with Gasteiger partial charge in [-0.1, -0.05) is 31.0 Å². The quantitative estimate of drug-likeness (QED) is 0.910. The lowest BCUT2D eigenvalue weighted by Gasteiger charge is -2.17. The summed E-state index contributed by atoms with van der Waals surface area (Å²) in [4.78, 5) is 4.50. The van der Waals surface area contributed by atoms with Crippen LogP contribution in [0.5, 0.6) is 0 Å². The lowest BCUT2D eigenvalue weighted by Crippen LogP contribution is -2.19. The summed E-state index contributed by atoms with van der Waals surface area (Å²) < 4.78 is 0. The van der Waals surface area contributed by atoms with Gasteiger partial charge in [0.2, 0.25) is 0 Å². The molecule has 0 saturated heterocycles. The second-order valence-electron chi connectivity index (χ2n) is 6.41. The van der Waals surface area contributed by atoms with Crippen molar-refractivity contribution in [2.45, 2.75) is 31.7 Å². The fraction of sp³-hybridized carbons (Fsp3) is 0.500. The van der Waals surface area contributed by atoms with Gasteiger partial charge in [0.1, 0.15) is 0 Å². The van der Waals surface area contributed by atoms with Crippen LogP contribution in [0.1, 0.15) is 37.3 Å². The Bertz CT molecular complexity index is 610. The van der Waals surface area contributed by atoms with Gasteiger partial charge < -0.3 is 5.32 Å². The van der Waals surface area contributed by atoms with Gasteiger partial charge in [-0.05, 0) is 55.3 Å². The second-order valence-corrected chi connectivity index (χ2v) is 6.41. The van der Waals surface area contributed by atoms with Crippen molar-refractivity contribution in [3.8, 4) is 0 Å². The van der Waals surface area contributed by atoms with Crippen LogP contribution < -0.4 is 5.32 Å². The molecule has 3 unspecified atom stereocenters. The molecule has 1 aromatic heterocycles. The number of fused-ring (bicyclic) bond motifs is 2. The smallest absolute Gasteiger partial charge is 0.0705 e. The van der Waals surface area contributed by atoms with Gasteiger partial charge in [-0.15, -0.1) is 0 Å². The molecule has 2 aliphatic carbocycles. The molecule has 1 N–H and O–H groups in total. The minimum absolute atomic E-state index is 0.509. The van der Waals surface area contributed by atoms with Crippen molar-refractivity contribution < 1.29 is 0 Å². The van der Waals surface area contributed by atoms with Gasteiger partial charge >= 0.3 is 0 Å². The van der Waals surface area contributed by atoms with Gasteiger partial charge in [-0.3, -0.25) is 4.98 Å². The molecule has 2 aromatic rings. The van der Waals surface area contributed by atoms with E-state index in [1.54, 1.807) is 0 Å². The molecular weight excluding hydrogens is 244 g/mol. The normalized spacial score (nSPS) is 29.9. The number of nitrogens with zero attached hydrogens (tertiary/aromatic N) is 1. The zero-order valence-electron chi connectivity index (χ0n) is 12.0. The predicted octanol–water partition coefficient (Wildman–Crippen LogP) is 3.93. The molecule has 2 saturated carbocycles. The van der Waals surface area contributed by atoms with Gasteiger partial charge in [-0.25, -0.2) is 0 Å². The number of hydrogen-bond donors (Lipinski definition) is 1. The van der Waals surface area contributed by atoms with Crippen molar-refractivity contribution in [1.29, 1.82) is 0 Å². The van der Waals surface area contributed by atoms with E-state index in [1.165, 1.54) is 36.6 Å². The van der Waals surface area contributed by atoms with Crippen molar-refractivity contribution in [3.05, 3.63) is 42.1 Å². The van der Waals surface area contributed by atoms with E-state index in [1.807, 2.05) is 12.3 Å². The van der Waals surface area contributed by atoms with E-state index >= 15 is 0 Å². The SMILES string of the molecule is CNC(c1ccc2cccnc2c1)C1C2CCCCC21. The van der Waals surface area contributed by atoms with Crippen LogP contribution >= 0.6 is 0 Å². The molecule has 2 nitrogen and oxygen atoms in total. The maximum atomic E-state index is 4.50. The van der Waals surface area contributed by atoms with Gasteiger partial charge in [-0.2, -0.15) is 0 Å². The number of rotatable bonds is 3. The Balaban J connectivity index is 1.66. The van der Waals surface area contributed by atoms with Crippen molar-refractivity contribution in [2.75, 3.05) is 7.05 Å². The molecule has 0 spiro atoms. The zero-order chi connectivity index (χ0) is 13.5. The first-order valence-electron chi connectivity index (χ1n) is 7.90. The first-order chi connectivity index (χ1) is 9.88. The molecule has 2 fully saturated rings. The zero-order valence-corrected chi connectivity index (χ0v) is 12.0. The topological polar surface area (TPSA) is 24.9 Å². The molecule has 2 aliphatic rings. The highest BCUT2D eigenvalue weighted by Gasteiger charge is 2.53. The highest BCUT2D eigenvalue weighted by Crippen LogP contribution is 2.60. The molecule has 1 aromatic carbocycles. The monoisotopic (exact) mass is 266 g/mol. The fourth-order valence-electron chi connectivity index (χ4n) is 4.40. The lowest BCUT2D eigenvalue weighted by atomic mass is 9.98. The van der Waals surface area contributed by atoms with E-state index in [4.69, 9.17) is 0 Å². The largest absolute Gasteiger partial charge is 0.313 e.